The lowest BCUT2D eigenvalue weighted by atomic mass is 9.83. The number of carbonyl (C=O) groups is 2. The van der Waals surface area contributed by atoms with Crippen molar-refractivity contribution in [3.05, 3.63) is 59.7 Å². The molecule has 0 aliphatic heterocycles. The van der Waals surface area contributed by atoms with Crippen LogP contribution in [0.5, 0.6) is 11.5 Å². The fraction of sp³-hybridized carbons (Fsp3) is 0.481. The maximum Gasteiger partial charge on any atom is 0.343 e. The van der Waals surface area contributed by atoms with Gasteiger partial charge >= 0.3 is 11.9 Å². The average Bonchev–Trinajstić information content (AvgIpc) is 2.78. The van der Waals surface area contributed by atoms with E-state index in [1.807, 2.05) is 32.9 Å². The van der Waals surface area contributed by atoms with Gasteiger partial charge in [-0.05, 0) is 74.9 Å². The highest BCUT2D eigenvalue weighted by Gasteiger charge is 2.26. The molecule has 0 saturated heterocycles. The quantitative estimate of drug-likeness (QED) is 0.378. The number of aryl methyl sites for hydroxylation is 1. The van der Waals surface area contributed by atoms with Crippen molar-refractivity contribution >= 4 is 11.9 Å². The minimum absolute atomic E-state index is 0.0163. The Morgan fingerprint density at radius 1 is 0.806 bits per heavy atom. The molecule has 1 saturated carbocycles. The second-order valence-corrected chi connectivity index (χ2v) is 7.81. The molecule has 0 aromatic heterocycles. The first-order valence-corrected chi connectivity index (χ1v) is 11.5. The molecular weight excluding hydrogens is 388 g/mol. The van der Waals surface area contributed by atoms with Gasteiger partial charge in [0.05, 0.1) is 11.5 Å². The minimum atomic E-state index is -0.437. The Balaban J connectivity index is 0.000000884. The third-order valence-electron chi connectivity index (χ3n) is 4.89. The van der Waals surface area contributed by atoms with Crippen molar-refractivity contribution in [1.82, 2.24) is 0 Å². The molecule has 170 valence electrons. The molecule has 0 atom stereocenters. The molecule has 4 heteroatoms. The van der Waals surface area contributed by atoms with Gasteiger partial charge in [-0.3, -0.25) is 4.79 Å². The summed E-state index contributed by atoms with van der Waals surface area (Å²) in [6.45, 7) is 12.4. The fourth-order valence-corrected chi connectivity index (χ4v) is 3.13. The highest BCUT2D eigenvalue weighted by Crippen LogP contribution is 2.29. The number of benzene rings is 2. The summed E-state index contributed by atoms with van der Waals surface area (Å²) < 4.78 is 10.8. The van der Waals surface area contributed by atoms with Crippen molar-refractivity contribution in [2.75, 3.05) is 0 Å². The van der Waals surface area contributed by atoms with E-state index in [9.17, 15) is 9.59 Å². The lowest BCUT2D eigenvalue weighted by Crippen LogP contribution is -2.24. The first kappa shape index (κ1) is 26.4. The molecule has 4 nitrogen and oxygen atoms in total. The fourth-order valence-electron chi connectivity index (χ4n) is 3.13. The number of hydrogen-bond donors (Lipinski definition) is 0. The molecule has 3 rings (SSSR count). The molecule has 0 spiro atoms. The highest BCUT2D eigenvalue weighted by atomic mass is 16.5. The van der Waals surface area contributed by atoms with Crippen LogP contribution in [0.1, 0.15) is 82.6 Å². The van der Waals surface area contributed by atoms with E-state index in [-0.39, 0.29) is 11.9 Å². The average molecular weight is 427 g/mol. The van der Waals surface area contributed by atoms with Gasteiger partial charge in [-0.1, -0.05) is 58.7 Å². The van der Waals surface area contributed by atoms with Gasteiger partial charge in [0, 0.05) is 0 Å². The monoisotopic (exact) mass is 426 g/mol. The molecule has 1 aliphatic rings. The summed E-state index contributed by atoms with van der Waals surface area (Å²) >= 11 is 0. The summed E-state index contributed by atoms with van der Waals surface area (Å²) in [5.74, 6) is 1.03. The van der Waals surface area contributed by atoms with E-state index in [1.54, 1.807) is 36.4 Å². The van der Waals surface area contributed by atoms with Crippen molar-refractivity contribution in [1.29, 1.82) is 0 Å². The van der Waals surface area contributed by atoms with E-state index < -0.39 is 5.97 Å². The van der Waals surface area contributed by atoms with Crippen LogP contribution in [-0.2, 0) is 4.79 Å². The SMILES string of the molecule is CC.CCC.Cc1ccc(OC(=O)c2ccc(OC(=O)C3CCC(C)CC3)cc2)cc1. The predicted octanol–water partition coefficient (Wildman–Crippen LogP) is 7.39. The molecule has 0 unspecified atom stereocenters. The van der Waals surface area contributed by atoms with Gasteiger partial charge in [0.25, 0.3) is 0 Å². The second-order valence-electron chi connectivity index (χ2n) is 7.81. The molecule has 1 fully saturated rings. The number of hydrogen-bond acceptors (Lipinski definition) is 4. The molecular formula is C27H38O4. The minimum Gasteiger partial charge on any atom is -0.426 e. The van der Waals surface area contributed by atoms with Crippen LogP contribution >= 0.6 is 0 Å². The van der Waals surface area contributed by atoms with Crippen molar-refractivity contribution in [2.45, 2.75) is 73.6 Å². The van der Waals surface area contributed by atoms with E-state index in [0.717, 1.165) is 31.2 Å². The molecule has 0 N–H and O–H groups in total. The van der Waals surface area contributed by atoms with Gasteiger partial charge in [-0.2, -0.15) is 0 Å². The number of carbonyl (C=O) groups excluding carboxylic acids is 2. The molecule has 0 heterocycles. The van der Waals surface area contributed by atoms with Gasteiger partial charge < -0.3 is 9.47 Å². The molecule has 31 heavy (non-hydrogen) atoms. The van der Waals surface area contributed by atoms with Crippen LogP contribution in [0.15, 0.2) is 48.5 Å². The first-order chi connectivity index (χ1) is 14.9. The Kier molecular flexibility index (Phi) is 12.3. The topological polar surface area (TPSA) is 52.6 Å². The Morgan fingerprint density at radius 3 is 1.77 bits per heavy atom. The zero-order chi connectivity index (χ0) is 23.2. The molecule has 0 bridgehead atoms. The lowest BCUT2D eigenvalue weighted by molar-refractivity contribution is -0.140. The van der Waals surface area contributed by atoms with Crippen molar-refractivity contribution in [3.63, 3.8) is 0 Å². The number of esters is 2. The van der Waals surface area contributed by atoms with E-state index >= 15 is 0 Å². The Bertz CT molecular complexity index is 770. The largest absolute Gasteiger partial charge is 0.426 e. The zero-order valence-corrected chi connectivity index (χ0v) is 19.9. The summed E-state index contributed by atoms with van der Waals surface area (Å²) in [6.07, 6.45) is 5.18. The van der Waals surface area contributed by atoms with E-state index in [4.69, 9.17) is 9.47 Å². The summed E-state index contributed by atoms with van der Waals surface area (Å²) in [4.78, 5) is 24.4. The van der Waals surface area contributed by atoms with Crippen molar-refractivity contribution in [3.8, 4) is 11.5 Å². The highest BCUT2D eigenvalue weighted by molar-refractivity contribution is 5.91. The van der Waals surface area contributed by atoms with Crippen LogP contribution in [0.2, 0.25) is 0 Å². The normalized spacial score (nSPS) is 17.2. The van der Waals surface area contributed by atoms with E-state index in [1.165, 1.54) is 6.42 Å². The molecule has 2 aromatic rings. The van der Waals surface area contributed by atoms with Crippen LogP contribution in [0.4, 0.5) is 0 Å². The number of rotatable bonds is 4. The molecule has 0 amide bonds. The Labute approximate surface area is 188 Å². The Morgan fingerprint density at radius 2 is 1.26 bits per heavy atom. The van der Waals surface area contributed by atoms with Gasteiger partial charge in [0.2, 0.25) is 0 Å². The standard InChI is InChI=1S/C22H24O4.C3H8.C2H6/c1-15-3-7-17(8-4-15)21(23)26-20-13-9-18(10-14-20)22(24)25-19-11-5-16(2)6-12-19;1-3-2;1-2/h5-6,9-15,17H,3-4,7-8H2,1-2H3;3H2,1-2H3;1-2H3. The second kappa shape index (κ2) is 14.4. The maximum absolute atomic E-state index is 12.2. The van der Waals surface area contributed by atoms with Gasteiger partial charge in [0.1, 0.15) is 11.5 Å². The smallest absolute Gasteiger partial charge is 0.343 e. The van der Waals surface area contributed by atoms with E-state index in [0.29, 0.717) is 23.0 Å². The Hall–Kier alpha value is -2.62. The van der Waals surface area contributed by atoms with Crippen LogP contribution in [0, 0.1) is 18.8 Å². The maximum atomic E-state index is 12.2. The van der Waals surface area contributed by atoms with Crippen molar-refractivity contribution in [2.24, 2.45) is 11.8 Å². The van der Waals surface area contributed by atoms with Gasteiger partial charge in [-0.15, -0.1) is 0 Å². The summed E-state index contributed by atoms with van der Waals surface area (Å²) in [5.41, 5.74) is 1.51. The first-order valence-electron chi connectivity index (χ1n) is 11.5. The molecule has 1 aliphatic carbocycles. The third kappa shape index (κ3) is 9.37. The third-order valence-corrected chi connectivity index (χ3v) is 4.89. The zero-order valence-electron chi connectivity index (χ0n) is 19.9. The number of ether oxygens (including phenoxy) is 2. The van der Waals surface area contributed by atoms with Gasteiger partial charge in [0.15, 0.2) is 0 Å². The van der Waals surface area contributed by atoms with Crippen molar-refractivity contribution < 1.29 is 19.1 Å². The summed E-state index contributed by atoms with van der Waals surface area (Å²) in [6, 6.07) is 13.8. The van der Waals surface area contributed by atoms with Gasteiger partial charge in [-0.25, -0.2) is 4.79 Å². The lowest BCUT2D eigenvalue weighted by Gasteiger charge is -2.24. The van der Waals surface area contributed by atoms with Crippen LogP contribution < -0.4 is 9.47 Å². The van der Waals surface area contributed by atoms with Crippen LogP contribution in [0.3, 0.4) is 0 Å². The predicted molar refractivity (Wildman–Crippen MR) is 127 cm³/mol. The summed E-state index contributed by atoms with van der Waals surface area (Å²) in [7, 11) is 0. The van der Waals surface area contributed by atoms with E-state index in [2.05, 4.69) is 20.8 Å². The van der Waals surface area contributed by atoms with Crippen LogP contribution in [-0.4, -0.2) is 11.9 Å². The van der Waals surface area contributed by atoms with Crippen LogP contribution in [0.25, 0.3) is 0 Å². The molecule has 2 aromatic carbocycles. The molecule has 0 radical (unpaired) electrons. The summed E-state index contributed by atoms with van der Waals surface area (Å²) in [5, 5.41) is 0.